The number of anilines is 1. The van der Waals surface area contributed by atoms with Crippen LogP contribution in [0.2, 0.25) is 0 Å². The molecule has 0 radical (unpaired) electrons. The molecular weight excluding hydrogens is 519 g/mol. The van der Waals surface area contributed by atoms with Gasteiger partial charge in [-0.3, -0.25) is 13.8 Å². The number of phosphoric acid groups is 1. The summed E-state index contributed by atoms with van der Waals surface area (Å²) >= 11 is 0. The van der Waals surface area contributed by atoms with E-state index in [9.17, 15) is 19.5 Å². The molecule has 0 saturated heterocycles. The fraction of sp³-hybridized carbons (Fsp3) is 0.179. The van der Waals surface area contributed by atoms with Crippen molar-refractivity contribution >= 4 is 30.5 Å². The molecule has 200 valence electrons. The third-order valence-electron chi connectivity index (χ3n) is 5.87. The van der Waals surface area contributed by atoms with E-state index in [1.807, 2.05) is 18.2 Å². The number of methoxy groups -OCH3 is 1. The van der Waals surface area contributed by atoms with Crippen molar-refractivity contribution in [1.82, 2.24) is 9.55 Å². The number of benzene rings is 2. The van der Waals surface area contributed by atoms with Crippen molar-refractivity contribution in [3.63, 3.8) is 0 Å². The van der Waals surface area contributed by atoms with E-state index in [2.05, 4.69) is 22.9 Å². The molecule has 2 heterocycles. The topological polar surface area (TPSA) is 136 Å². The number of fused-ring (bicyclic) bond motifs is 1. The predicted octanol–water partition coefficient (Wildman–Crippen LogP) is 6.05. The Kier molecular flexibility index (Phi) is 8.29. The Morgan fingerprint density at radius 1 is 1.26 bits per heavy atom. The summed E-state index contributed by atoms with van der Waals surface area (Å²) in [5.74, 6) is 0.171. The summed E-state index contributed by atoms with van der Waals surface area (Å²) in [5.41, 5.74) is 4.43. The van der Waals surface area contributed by atoms with Crippen molar-refractivity contribution in [2.45, 2.75) is 20.1 Å². The number of aromatic nitrogens is 2. The van der Waals surface area contributed by atoms with Crippen molar-refractivity contribution in [3.05, 3.63) is 79.1 Å². The number of amides is 1. The van der Waals surface area contributed by atoms with Gasteiger partial charge in [-0.25, -0.2) is 9.55 Å². The Labute approximate surface area is 225 Å². The van der Waals surface area contributed by atoms with Crippen LogP contribution in [0.5, 0.6) is 5.75 Å². The highest BCUT2D eigenvalue weighted by atomic mass is 31.2. The number of rotatable bonds is 10. The Hall–Kier alpha value is -4.26. The van der Waals surface area contributed by atoms with E-state index in [0.717, 1.165) is 22.3 Å². The zero-order valence-corrected chi connectivity index (χ0v) is 22.5. The van der Waals surface area contributed by atoms with Crippen LogP contribution in [0.15, 0.2) is 73.6 Å². The van der Waals surface area contributed by atoms with Crippen molar-refractivity contribution in [2.24, 2.45) is 0 Å². The summed E-state index contributed by atoms with van der Waals surface area (Å²) in [6.07, 6.45) is 3.68. The molecule has 2 atom stereocenters. The van der Waals surface area contributed by atoms with Gasteiger partial charge in [0, 0.05) is 40.7 Å². The second-order valence-corrected chi connectivity index (χ2v) is 9.88. The predicted molar refractivity (Wildman–Crippen MR) is 148 cm³/mol. The lowest BCUT2D eigenvalue weighted by atomic mass is 10.0. The Morgan fingerprint density at radius 3 is 2.74 bits per heavy atom. The first-order valence-electron chi connectivity index (χ1n) is 12.0. The van der Waals surface area contributed by atoms with E-state index < -0.39 is 14.1 Å². The van der Waals surface area contributed by atoms with Crippen LogP contribution in [0.3, 0.4) is 0 Å². The maximum atomic E-state index is 12.3. The van der Waals surface area contributed by atoms with Gasteiger partial charge in [0.1, 0.15) is 17.6 Å². The molecule has 0 aliphatic heterocycles. The molecule has 2 aromatic carbocycles. The fourth-order valence-electron chi connectivity index (χ4n) is 4.14. The van der Waals surface area contributed by atoms with Gasteiger partial charge in [0.15, 0.2) is 0 Å². The molecule has 0 bridgehead atoms. The van der Waals surface area contributed by atoms with Crippen molar-refractivity contribution < 1.29 is 28.0 Å². The van der Waals surface area contributed by atoms with Crippen LogP contribution in [-0.2, 0) is 18.4 Å². The first-order valence-corrected chi connectivity index (χ1v) is 13.5. The van der Waals surface area contributed by atoms with E-state index in [0.29, 0.717) is 28.0 Å². The Bertz CT molecular complexity index is 1640. The highest BCUT2D eigenvalue weighted by Gasteiger charge is 2.26. The minimum absolute atomic E-state index is 0.0104. The molecule has 39 heavy (non-hydrogen) atoms. The number of nitrogens with one attached hydrogen (secondary N) is 1. The molecule has 2 aromatic heterocycles. The molecule has 0 spiro atoms. The van der Waals surface area contributed by atoms with Gasteiger partial charge >= 0.3 is 7.82 Å². The molecule has 11 heteroatoms. The molecule has 0 aliphatic carbocycles. The van der Waals surface area contributed by atoms with Crippen molar-refractivity contribution in [3.8, 4) is 34.1 Å². The average Bonchev–Trinajstić information content (AvgIpc) is 3.31. The van der Waals surface area contributed by atoms with Gasteiger partial charge in [0.05, 0.1) is 25.3 Å². The maximum Gasteiger partial charge on any atom is 0.474 e. The number of carbonyl (C=O) groups is 1. The lowest BCUT2D eigenvalue weighted by Gasteiger charge is -2.18. The van der Waals surface area contributed by atoms with Crippen LogP contribution in [0, 0.1) is 11.3 Å². The second kappa shape index (κ2) is 11.6. The normalized spacial score (nSPS) is 13.3. The zero-order valence-electron chi connectivity index (χ0n) is 21.6. The highest BCUT2D eigenvalue weighted by Crippen LogP contribution is 2.47. The third kappa shape index (κ3) is 6.25. The Morgan fingerprint density at radius 2 is 2.05 bits per heavy atom. The minimum Gasteiger partial charge on any atom is -0.497 e. The van der Waals surface area contributed by atoms with Crippen LogP contribution in [-0.4, -0.2) is 34.1 Å². The van der Waals surface area contributed by atoms with E-state index >= 15 is 0 Å². The lowest BCUT2D eigenvalue weighted by Crippen LogP contribution is -2.09. The number of hydrogen-bond donors (Lipinski definition) is 2. The number of nitriles is 1. The second-order valence-electron chi connectivity index (χ2n) is 8.47. The monoisotopic (exact) mass is 546 g/mol. The first kappa shape index (κ1) is 27.8. The van der Waals surface area contributed by atoms with Gasteiger partial charge in [-0.15, -0.1) is 0 Å². The lowest BCUT2D eigenvalue weighted by molar-refractivity contribution is -0.111. The van der Waals surface area contributed by atoms with Gasteiger partial charge in [0.25, 0.3) is 0 Å². The van der Waals surface area contributed by atoms with Crippen LogP contribution in [0.25, 0.3) is 33.3 Å². The first-order chi connectivity index (χ1) is 18.7. The van der Waals surface area contributed by atoms with E-state index in [-0.39, 0.29) is 12.5 Å². The van der Waals surface area contributed by atoms with E-state index in [4.69, 9.17) is 13.8 Å². The number of nitrogens with zero attached hydrogens (tertiary/aromatic N) is 3. The largest absolute Gasteiger partial charge is 0.497 e. The summed E-state index contributed by atoms with van der Waals surface area (Å²) in [5, 5.41) is 12.9. The minimum atomic E-state index is -4.30. The summed E-state index contributed by atoms with van der Waals surface area (Å²) in [4.78, 5) is 26.6. The summed E-state index contributed by atoms with van der Waals surface area (Å²) in [6.45, 7) is 6.71. The molecule has 0 aliphatic rings. The molecule has 4 aromatic rings. The molecule has 4 rings (SSSR count). The van der Waals surface area contributed by atoms with Crippen molar-refractivity contribution in [1.29, 1.82) is 5.26 Å². The molecular formula is C28H27N4O6P. The third-order valence-corrected chi connectivity index (χ3v) is 7.03. The van der Waals surface area contributed by atoms with Gasteiger partial charge in [-0.2, -0.15) is 5.26 Å². The average molecular weight is 547 g/mol. The number of pyridine rings is 1. The standard InChI is InChI=1S/C28H27N4O6P/c1-5-27(33)31-23-11-21(12-24(14-23)36-4)22-13-25-26(20-9-7-8-19(10-20)15-29)17-32(28(25)30-16-22)18(3)38-39(34,35)37-6-2/h5,7-14,16-18H,1,6H2,2-4H3,(H,31,33)(H,34,35). The number of phosphoric ester groups is 1. The maximum absolute atomic E-state index is 12.3. The summed E-state index contributed by atoms with van der Waals surface area (Å²) in [7, 11) is -2.77. The van der Waals surface area contributed by atoms with E-state index in [1.54, 1.807) is 61.1 Å². The number of hydrogen-bond acceptors (Lipinski definition) is 7. The molecule has 2 unspecified atom stereocenters. The number of carbonyl (C=O) groups excluding carboxylic acids is 1. The molecule has 2 N–H and O–H groups in total. The molecule has 10 nitrogen and oxygen atoms in total. The quantitative estimate of drug-likeness (QED) is 0.181. The Balaban J connectivity index is 1.89. The summed E-state index contributed by atoms with van der Waals surface area (Å²) in [6, 6.07) is 16.5. The zero-order chi connectivity index (χ0) is 28.2. The molecule has 1 amide bonds. The van der Waals surface area contributed by atoms with Crippen molar-refractivity contribution in [2.75, 3.05) is 19.0 Å². The van der Waals surface area contributed by atoms with Gasteiger partial charge in [-0.1, -0.05) is 18.7 Å². The molecule has 0 saturated carbocycles. The smallest absolute Gasteiger partial charge is 0.474 e. The highest BCUT2D eigenvalue weighted by molar-refractivity contribution is 7.47. The SMILES string of the molecule is C=CC(=O)Nc1cc(OC)cc(-c2cnc3c(c2)c(-c2cccc(C#N)c2)cn3C(C)OP(=O)(O)OCC)c1. The van der Waals surface area contributed by atoms with E-state index in [1.165, 1.54) is 13.2 Å². The van der Waals surface area contributed by atoms with Crippen LogP contribution >= 0.6 is 7.82 Å². The fourth-order valence-corrected chi connectivity index (χ4v) is 5.01. The molecule has 0 fully saturated rings. The van der Waals surface area contributed by atoms with Crippen LogP contribution in [0.4, 0.5) is 5.69 Å². The van der Waals surface area contributed by atoms with Gasteiger partial charge in [-0.05, 0) is 61.4 Å². The van der Waals surface area contributed by atoms with Crippen LogP contribution < -0.4 is 10.1 Å². The van der Waals surface area contributed by atoms with Gasteiger partial charge < -0.3 is 19.5 Å². The van der Waals surface area contributed by atoms with Crippen LogP contribution in [0.1, 0.15) is 25.6 Å². The number of ether oxygens (including phenoxy) is 1. The summed E-state index contributed by atoms with van der Waals surface area (Å²) < 4.78 is 29.6. The van der Waals surface area contributed by atoms with Gasteiger partial charge in [0.2, 0.25) is 5.91 Å².